The zero-order chi connectivity index (χ0) is 14.7. The van der Waals surface area contributed by atoms with Gasteiger partial charge in [0.05, 0.1) is 11.3 Å². The minimum absolute atomic E-state index is 0.0382. The number of nitrogens with zero attached hydrogens (tertiary/aromatic N) is 2. The van der Waals surface area contributed by atoms with Gasteiger partial charge < -0.3 is 15.2 Å². The second kappa shape index (κ2) is 6.24. The smallest absolute Gasteiger partial charge is 0.256 e. The number of hydrogen-bond donors (Lipinski definition) is 2. The Hall–Kier alpha value is -1.59. The summed E-state index contributed by atoms with van der Waals surface area (Å²) in [7, 11) is 4.01. The summed E-state index contributed by atoms with van der Waals surface area (Å²) in [6, 6.07) is 6.00. The summed E-state index contributed by atoms with van der Waals surface area (Å²) in [5, 5.41) is 0. The lowest BCUT2D eigenvalue weighted by atomic mass is 10.0. The quantitative estimate of drug-likeness (QED) is 0.648. The van der Waals surface area contributed by atoms with E-state index in [4.69, 9.17) is 5.84 Å². The number of benzene rings is 1. The van der Waals surface area contributed by atoms with Crippen LogP contribution < -0.4 is 11.3 Å². The van der Waals surface area contributed by atoms with Gasteiger partial charge in [-0.2, -0.15) is 0 Å². The number of carbonyl (C=O) groups is 1. The van der Waals surface area contributed by atoms with Crippen LogP contribution in [-0.4, -0.2) is 48.9 Å². The van der Waals surface area contributed by atoms with Gasteiger partial charge in [-0.05, 0) is 52.0 Å². The van der Waals surface area contributed by atoms with Gasteiger partial charge in [0.25, 0.3) is 5.91 Å². The molecule has 0 spiro atoms. The number of aryl methyl sites for hydroxylation is 1. The maximum absolute atomic E-state index is 12.7. The Morgan fingerprint density at radius 1 is 1.40 bits per heavy atom. The molecule has 0 unspecified atom stereocenters. The Bertz CT molecular complexity index is 481. The fraction of sp³-hybridized carbons (Fsp3) is 0.533. The molecule has 0 bridgehead atoms. The van der Waals surface area contributed by atoms with Gasteiger partial charge in [0.1, 0.15) is 0 Å². The van der Waals surface area contributed by atoms with E-state index in [0.717, 1.165) is 31.5 Å². The summed E-state index contributed by atoms with van der Waals surface area (Å²) in [4.78, 5) is 16.8. The number of rotatable bonds is 3. The maximum Gasteiger partial charge on any atom is 0.256 e. The third-order valence-corrected chi connectivity index (χ3v) is 4.12. The molecule has 1 aliphatic rings. The van der Waals surface area contributed by atoms with E-state index in [0.29, 0.717) is 17.3 Å². The van der Waals surface area contributed by atoms with Crippen LogP contribution in [0.1, 0.15) is 28.8 Å². The number of piperidine rings is 1. The molecule has 1 aromatic carbocycles. The monoisotopic (exact) mass is 276 g/mol. The molecular formula is C15H24N4O. The van der Waals surface area contributed by atoms with Crippen molar-refractivity contribution in [3.05, 3.63) is 29.3 Å². The lowest BCUT2D eigenvalue weighted by molar-refractivity contribution is 0.0660. The summed E-state index contributed by atoms with van der Waals surface area (Å²) in [6.45, 7) is 4.06. The minimum atomic E-state index is 0.0382. The molecule has 0 atom stereocenters. The number of amides is 1. The average molecular weight is 276 g/mol. The molecule has 1 aromatic rings. The Balaban J connectivity index is 2.16. The molecule has 110 valence electrons. The number of nitrogen functional groups attached to an aromatic ring is 1. The molecule has 2 rings (SSSR count). The Morgan fingerprint density at radius 3 is 2.65 bits per heavy atom. The molecule has 1 amide bonds. The fourth-order valence-electron chi connectivity index (χ4n) is 2.70. The second-order valence-corrected chi connectivity index (χ2v) is 5.64. The number of likely N-dealkylation sites (tertiary alicyclic amines) is 1. The highest BCUT2D eigenvalue weighted by Gasteiger charge is 2.25. The summed E-state index contributed by atoms with van der Waals surface area (Å²) in [5.41, 5.74) is 5.00. The van der Waals surface area contributed by atoms with Gasteiger partial charge in [0.2, 0.25) is 0 Å². The van der Waals surface area contributed by atoms with Crippen molar-refractivity contribution >= 4 is 11.6 Å². The first kappa shape index (κ1) is 14.8. The summed E-state index contributed by atoms with van der Waals surface area (Å²) < 4.78 is 0. The summed E-state index contributed by atoms with van der Waals surface area (Å²) in [6.07, 6.45) is 2.05. The van der Waals surface area contributed by atoms with Gasteiger partial charge in [0.15, 0.2) is 0 Å². The van der Waals surface area contributed by atoms with E-state index in [1.165, 1.54) is 0 Å². The van der Waals surface area contributed by atoms with Crippen molar-refractivity contribution in [1.29, 1.82) is 0 Å². The average Bonchev–Trinajstić information content (AvgIpc) is 2.46. The Labute approximate surface area is 120 Å². The van der Waals surface area contributed by atoms with Crippen molar-refractivity contribution in [2.24, 2.45) is 5.84 Å². The zero-order valence-electron chi connectivity index (χ0n) is 12.5. The predicted octanol–water partition coefficient (Wildman–Crippen LogP) is 1.45. The molecule has 1 aliphatic heterocycles. The normalized spacial score (nSPS) is 17.0. The maximum atomic E-state index is 12.7. The predicted molar refractivity (Wildman–Crippen MR) is 81.6 cm³/mol. The van der Waals surface area contributed by atoms with Gasteiger partial charge in [-0.1, -0.05) is 11.6 Å². The Kier molecular flexibility index (Phi) is 4.62. The molecule has 5 nitrogen and oxygen atoms in total. The van der Waals surface area contributed by atoms with E-state index in [2.05, 4.69) is 17.4 Å². The third-order valence-electron chi connectivity index (χ3n) is 4.12. The number of nitrogens with one attached hydrogen (secondary N) is 1. The van der Waals surface area contributed by atoms with Crippen molar-refractivity contribution in [2.75, 3.05) is 32.6 Å². The molecule has 20 heavy (non-hydrogen) atoms. The number of anilines is 1. The highest BCUT2D eigenvalue weighted by atomic mass is 16.2. The molecule has 1 fully saturated rings. The van der Waals surface area contributed by atoms with E-state index in [1.807, 2.05) is 37.1 Å². The highest BCUT2D eigenvalue weighted by molar-refractivity contribution is 5.99. The number of hydrogen-bond acceptors (Lipinski definition) is 4. The van der Waals surface area contributed by atoms with Crippen molar-refractivity contribution < 1.29 is 4.79 Å². The first-order valence-electron chi connectivity index (χ1n) is 7.06. The van der Waals surface area contributed by atoms with Gasteiger partial charge in [-0.25, -0.2) is 0 Å². The van der Waals surface area contributed by atoms with Crippen molar-refractivity contribution in [2.45, 2.75) is 25.8 Å². The van der Waals surface area contributed by atoms with E-state index >= 15 is 0 Å². The van der Waals surface area contributed by atoms with E-state index < -0.39 is 0 Å². The van der Waals surface area contributed by atoms with Crippen molar-refractivity contribution in [3.63, 3.8) is 0 Å². The van der Waals surface area contributed by atoms with Crippen LogP contribution in [0.25, 0.3) is 0 Å². The van der Waals surface area contributed by atoms with Crippen LogP contribution in [0.4, 0.5) is 5.69 Å². The summed E-state index contributed by atoms with van der Waals surface area (Å²) >= 11 is 0. The molecule has 0 aliphatic carbocycles. The molecule has 0 aromatic heterocycles. The largest absolute Gasteiger partial charge is 0.339 e. The zero-order valence-corrected chi connectivity index (χ0v) is 12.5. The number of hydrazine groups is 1. The van der Waals surface area contributed by atoms with Crippen LogP contribution in [-0.2, 0) is 0 Å². The molecule has 5 heteroatoms. The fourth-order valence-corrected chi connectivity index (χ4v) is 2.70. The minimum Gasteiger partial charge on any atom is -0.339 e. The van der Waals surface area contributed by atoms with E-state index in [9.17, 15) is 4.79 Å². The van der Waals surface area contributed by atoms with Gasteiger partial charge in [0, 0.05) is 13.1 Å². The molecule has 3 N–H and O–H groups in total. The molecular weight excluding hydrogens is 252 g/mol. The van der Waals surface area contributed by atoms with Crippen LogP contribution in [0.15, 0.2) is 18.2 Å². The topological polar surface area (TPSA) is 61.6 Å². The van der Waals surface area contributed by atoms with Crippen molar-refractivity contribution in [3.8, 4) is 0 Å². The molecule has 1 saturated heterocycles. The lowest BCUT2D eigenvalue weighted by Gasteiger charge is -2.35. The first-order valence-corrected chi connectivity index (χ1v) is 7.06. The van der Waals surface area contributed by atoms with E-state index in [-0.39, 0.29) is 5.91 Å². The molecule has 0 saturated carbocycles. The van der Waals surface area contributed by atoms with E-state index in [1.54, 1.807) is 0 Å². The lowest BCUT2D eigenvalue weighted by Crippen LogP contribution is -2.44. The van der Waals surface area contributed by atoms with Crippen molar-refractivity contribution in [1.82, 2.24) is 9.80 Å². The summed E-state index contributed by atoms with van der Waals surface area (Å²) in [5.74, 6) is 5.55. The van der Waals surface area contributed by atoms with Crippen LogP contribution >= 0.6 is 0 Å². The van der Waals surface area contributed by atoms with Gasteiger partial charge >= 0.3 is 0 Å². The standard InChI is InChI=1S/C15H24N4O/c1-11-4-5-14(17-16)13(10-11)15(20)19(3)12-6-8-18(2)9-7-12/h4-5,10,12,17H,6-9,16H2,1-3H3. The second-order valence-electron chi connectivity index (χ2n) is 5.64. The van der Waals surface area contributed by atoms with Crippen LogP contribution in [0.3, 0.4) is 0 Å². The SMILES string of the molecule is Cc1ccc(NN)c(C(=O)N(C)C2CCN(C)CC2)c1. The number of nitrogens with two attached hydrogens (primary N) is 1. The third kappa shape index (κ3) is 3.11. The molecule has 0 radical (unpaired) electrons. The first-order chi connectivity index (χ1) is 9.52. The highest BCUT2D eigenvalue weighted by Crippen LogP contribution is 2.21. The molecule has 1 heterocycles. The van der Waals surface area contributed by atoms with Crippen LogP contribution in [0, 0.1) is 6.92 Å². The van der Waals surface area contributed by atoms with Crippen LogP contribution in [0.2, 0.25) is 0 Å². The Morgan fingerprint density at radius 2 is 2.05 bits per heavy atom. The van der Waals surface area contributed by atoms with Gasteiger partial charge in [-0.15, -0.1) is 0 Å². The van der Waals surface area contributed by atoms with Gasteiger partial charge in [-0.3, -0.25) is 10.6 Å². The van der Waals surface area contributed by atoms with Crippen LogP contribution in [0.5, 0.6) is 0 Å². The number of carbonyl (C=O) groups excluding carboxylic acids is 1.